The molecule has 0 aromatic heterocycles. The van der Waals surface area contributed by atoms with Gasteiger partial charge in [-0.25, -0.2) is 9.18 Å². The maximum atomic E-state index is 13.7. The van der Waals surface area contributed by atoms with E-state index in [1.807, 2.05) is 0 Å². The Hall–Kier alpha value is -1.95. The van der Waals surface area contributed by atoms with E-state index in [1.54, 1.807) is 18.2 Å². The summed E-state index contributed by atoms with van der Waals surface area (Å²) in [6.07, 6.45) is 1.15. The third kappa shape index (κ3) is 2.06. The number of hydrogen-bond donors (Lipinski definition) is 2. The molecule has 2 saturated heterocycles. The van der Waals surface area contributed by atoms with Gasteiger partial charge < -0.3 is 10.6 Å². The highest BCUT2D eigenvalue weighted by atomic mass is 19.1. The summed E-state index contributed by atoms with van der Waals surface area (Å²) < 4.78 is 13.7. The summed E-state index contributed by atoms with van der Waals surface area (Å²) in [4.78, 5) is 25.6. The van der Waals surface area contributed by atoms with Crippen LogP contribution in [0.15, 0.2) is 24.3 Å². The van der Waals surface area contributed by atoms with Crippen molar-refractivity contribution in [2.75, 3.05) is 13.1 Å². The average molecular weight is 277 g/mol. The van der Waals surface area contributed by atoms with E-state index in [2.05, 4.69) is 10.6 Å². The normalized spacial score (nSPS) is 21.4. The van der Waals surface area contributed by atoms with E-state index in [9.17, 15) is 14.0 Å². The number of piperidine rings is 1. The van der Waals surface area contributed by atoms with Crippen LogP contribution in [0.5, 0.6) is 0 Å². The molecule has 2 aliphatic heterocycles. The standard InChI is InChI=1S/C14H16FN3O2/c15-11-4-2-1-3-10(11)9-18-12(19)14(17-13(18)20)5-7-16-8-6-14/h1-4,16H,5-9H2,(H,17,20). The van der Waals surface area contributed by atoms with Crippen molar-refractivity contribution >= 4 is 11.9 Å². The van der Waals surface area contributed by atoms with Gasteiger partial charge in [-0.05, 0) is 32.0 Å². The largest absolute Gasteiger partial charge is 0.325 e. The van der Waals surface area contributed by atoms with Crippen LogP contribution in [0.25, 0.3) is 0 Å². The molecule has 0 bridgehead atoms. The first kappa shape index (κ1) is 13.1. The number of imide groups is 1. The SMILES string of the molecule is O=C1NC2(CCNCC2)C(=O)N1Cc1ccccc1F. The molecule has 5 nitrogen and oxygen atoms in total. The zero-order chi connectivity index (χ0) is 14.2. The molecule has 2 fully saturated rings. The molecule has 2 N–H and O–H groups in total. The average Bonchev–Trinajstić information content (AvgIpc) is 2.66. The van der Waals surface area contributed by atoms with Crippen LogP contribution >= 0.6 is 0 Å². The third-order valence-corrected chi connectivity index (χ3v) is 3.99. The lowest BCUT2D eigenvalue weighted by Gasteiger charge is -2.31. The van der Waals surface area contributed by atoms with Gasteiger partial charge in [-0.2, -0.15) is 0 Å². The highest BCUT2D eigenvalue weighted by molar-refractivity contribution is 6.07. The fourth-order valence-corrected chi connectivity index (χ4v) is 2.81. The number of rotatable bonds is 2. The lowest BCUT2D eigenvalue weighted by Crippen LogP contribution is -2.53. The molecule has 0 aliphatic carbocycles. The van der Waals surface area contributed by atoms with Crippen molar-refractivity contribution in [2.24, 2.45) is 0 Å². The van der Waals surface area contributed by atoms with Gasteiger partial charge >= 0.3 is 6.03 Å². The molecule has 20 heavy (non-hydrogen) atoms. The van der Waals surface area contributed by atoms with Crippen LogP contribution < -0.4 is 10.6 Å². The Kier molecular flexibility index (Phi) is 3.17. The Labute approximate surface area is 116 Å². The number of benzene rings is 1. The molecule has 6 heteroatoms. The van der Waals surface area contributed by atoms with Gasteiger partial charge in [0.15, 0.2) is 0 Å². The second-order valence-corrected chi connectivity index (χ2v) is 5.24. The number of hydrogen-bond acceptors (Lipinski definition) is 3. The Bertz CT molecular complexity index is 555. The molecule has 1 aromatic rings. The van der Waals surface area contributed by atoms with Crippen LogP contribution in [0.2, 0.25) is 0 Å². The predicted octanol–water partition coefficient (Wildman–Crippen LogP) is 1.000. The maximum Gasteiger partial charge on any atom is 0.325 e. The Balaban J connectivity index is 1.82. The fraction of sp³-hybridized carbons (Fsp3) is 0.429. The molecule has 0 atom stereocenters. The minimum Gasteiger partial charge on any atom is -0.323 e. The summed E-state index contributed by atoms with van der Waals surface area (Å²) >= 11 is 0. The van der Waals surface area contributed by atoms with Crippen molar-refractivity contribution in [3.05, 3.63) is 35.6 Å². The van der Waals surface area contributed by atoms with Gasteiger partial charge in [0.05, 0.1) is 6.54 Å². The Morgan fingerprint density at radius 2 is 1.90 bits per heavy atom. The van der Waals surface area contributed by atoms with Gasteiger partial charge in [0.1, 0.15) is 11.4 Å². The van der Waals surface area contributed by atoms with E-state index < -0.39 is 17.4 Å². The number of nitrogens with zero attached hydrogens (tertiary/aromatic N) is 1. The van der Waals surface area contributed by atoms with E-state index in [4.69, 9.17) is 0 Å². The Morgan fingerprint density at radius 1 is 1.20 bits per heavy atom. The lowest BCUT2D eigenvalue weighted by molar-refractivity contribution is -0.132. The molecule has 3 amide bonds. The van der Waals surface area contributed by atoms with Crippen LogP contribution in [0.3, 0.4) is 0 Å². The first-order valence-corrected chi connectivity index (χ1v) is 6.71. The first-order valence-electron chi connectivity index (χ1n) is 6.71. The molecular formula is C14H16FN3O2. The van der Waals surface area contributed by atoms with E-state index >= 15 is 0 Å². The third-order valence-electron chi connectivity index (χ3n) is 3.99. The van der Waals surface area contributed by atoms with Crippen molar-refractivity contribution in [1.29, 1.82) is 0 Å². The van der Waals surface area contributed by atoms with Gasteiger partial charge in [0.2, 0.25) is 0 Å². The number of urea groups is 1. The fourth-order valence-electron chi connectivity index (χ4n) is 2.81. The molecule has 106 valence electrons. The number of amides is 3. The van der Waals surface area contributed by atoms with E-state index in [1.165, 1.54) is 6.07 Å². The van der Waals surface area contributed by atoms with E-state index in [-0.39, 0.29) is 12.5 Å². The molecule has 2 heterocycles. The van der Waals surface area contributed by atoms with Gasteiger partial charge in [0, 0.05) is 5.56 Å². The highest BCUT2D eigenvalue weighted by Crippen LogP contribution is 2.28. The summed E-state index contributed by atoms with van der Waals surface area (Å²) in [5, 5.41) is 5.95. The zero-order valence-corrected chi connectivity index (χ0v) is 11.0. The molecular weight excluding hydrogens is 261 g/mol. The van der Waals surface area contributed by atoms with Gasteiger partial charge in [-0.3, -0.25) is 9.69 Å². The lowest BCUT2D eigenvalue weighted by atomic mass is 9.88. The topological polar surface area (TPSA) is 61.4 Å². The minimum absolute atomic E-state index is 0.0213. The number of carbonyl (C=O) groups excluding carboxylic acids is 2. The van der Waals surface area contributed by atoms with Crippen LogP contribution in [-0.2, 0) is 11.3 Å². The summed E-state index contributed by atoms with van der Waals surface area (Å²) in [5.74, 6) is -0.647. The van der Waals surface area contributed by atoms with Crippen molar-refractivity contribution in [3.63, 3.8) is 0 Å². The summed E-state index contributed by atoms with van der Waals surface area (Å²) in [7, 11) is 0. The van der Waals surface area contributed by atoms with Gasteiger partial charge in [0.25, 0.3) is 5.91 Å². The first-order chi connectivity index (χ1) is 9.62. The van der Waals surface area contributed by atoms with E-state index in [0.29, 0.717) is 31.5 Å². The smallest absolute Gasteiger partial charge is 0.323 e. The highest BCUT2D eigenvalue weighted by Gasteiger charge is 2.51. The van der Waals surface area contributed by atoms with Crippen LogP contribution in [-0.4, -0.2) is 35.5 Å². The predicted molar refractivity (Wildman–Crippen MR) is 70.3 cm³/mol. The van der Waals surface area contributed by atoms with Crippen molar-refractivity contribution in [1.82, 2.24) is 15.5 Å². The van der Waals surface area contributed by atoms with Crippen molar-refractivity contribution in [3.8, 4) is 0 Å². The molecule has 0 unspecified atom stereocenters. The molecule has 1 aromatic carbocycles. The van der Waals surface area contributed by atoms with Gasteiger partial charge in [-0.15, -0.1) is 0 Å². The number of carbonyl (C=O) groups is 2. The molecule has 0 saturated carbocycles. The van der Waals surface area contributed by atoms with Crippen molar-refractivity contribution in [2.45, 2.75) is 24.9 Å². The molecule has 3 rings (SSSR count). The second kappa shape index (κ2) is 4.86. The van der Waals surface area contributed by atoms with Crippen LogP contribution in [0.1, 0.15) is 18.4 Å². The maximum absolute atomic E-state index is 13.7. The van der Waals surface area contributed by atoms with Crippen LogP contribution in [0, 0.1) is 5.82 Å². The quantitative estimate of drug-likeness (QED) is 0.793. The summed E-state index contributed by atoms with van der Waals surface area (Å²) in [5.41, 5.74) is -0.449. The molecule has 0 radical (unpaired) electrons. The van der Waals surface area contributed by atoms with E-state index in [0.717, 1.165) is 4.90 Å². The zero-order valence-electron chi connectivity index (χ0n) is 11.0. The monoisotopic (exact) mass is 277 g/mol. The number of nitrogens with one attached hydrogen (secondary N) is 2. The molecule has 1 spiro atoms. The van der Waals surface area contributed by atoms with Crippen LogP contribution in [0.4, 0.5) is 9.18 Å². The minimum atomic E-state index is -0.798. The summed E-state index contributed by atoms with van der Waals surface area (Å²) in [6.45, 7) is 1.37. The second-order valence-electron chi connectivity index (χ2n) is 5.24. The Morgan fingerprint density at radius 3 is 2.60 bits per heavy atom. The molecule has 2 aliphatic rings. The number of halogens is 1. The van der Waals surface area contributed by atoms with Gasteiger partial charge in [-0.1, -0.05) is 18.2 Å². The van der Waals surface area contributed by atoms with Crippen molar-refractivity contribution < 1.29 is 14.0 Å². The summed E-state index contributed by atoms with van der Waals surface area (Å²) in [6, 6.07) is 5.76.